The maximum absolute atomic E-state index is 13.2. The first-order chi connectivity index (χ1) is 14.6. The molecule has 1 aromatic heterocycles. The number of hydrogen-bond donors (Lipinski definition) is 1. The molecule has 0 saturated carbocycles. The van der Waals surface area contributed by atoms with Crippen molar-refractivity contribution in [3.63, 3.8) is 0 Å². The van der Waals surface area contributed by atoms with E-state index in [1.54, 1.807) is 40.0 Å². The summed E-state index contributed by atoms with van der Waals surface area (Å²) in [6.45, 7) is 7.00. The van der Waals surface area contributed by atoms with E-state index in [2.05, 4.69) is 4.98 Å². The minimum atomic E-state index is -1.14. The Bertz CT molecular complexity index is 1160. The first-order valence-electron chi connectivity index (χ1n) is 10.2. The summed E-state index contributed by atoms with van der Waals surface area (Å²) < 4.78 is 11.5. The zero-order valence-corrected chi connectivity index (χ0v) is 18.5. The molecule has 2 aromatic carbocycles. The van der Waals surface area contributed by atoms with Gasteiger partial charge in [0.15, 0.2) is 5.82 Å². The van der Waals surface area contributed by atoms with E-state index in [0.717, 1.165) is 21.4 Å². The lowest BCUT2D eigenvalue weighted by Gasteiger charge is -2.22. The lowest BCUT2D eigenvalue weighted by Crippen LogP contribution is -2.37. The Morgan fingerprint density at radius 2 is 1.94 bits per heavy atom. The topological polar surface area (TPSA) is 90.6 Å². The molecular formula is C24H28N2O5. The molecular weight excluding hydrogens is 396 g/mol. The molecule has 0 aliphatic carbocycles. The van der Waals surface area contributed by atoms with Crippen molar-refractivity contribution in [3.05, 3.63) is 69.8 Å². The van der Waals surface area contributed by atoms with Crippen LogP contribution in [0.2, 0.25) is 0 Å². The van der Waals surface area contributed by atoms with Crippen LogP contribution in [0.3, 0.4) is 0 Å². The second-order valence-corrected chi connectivity index (χ2v) is 8.52. The standard InChI is InChI=1S/C24H28N2O5/c1-15-9-11-19-18(13-15)22(28)26(23(29)31-24(2,3)4)21(25-19)20(27)12-10-16-7-6-8-17(14-16)30-5/h6-9,11,13-14,20,27H,10,12H2,1-5H3. The highest BCUT2D eigenvalue weighted by Gasteiger charge is 2.26. The molecule has 1 heterocycles. The van der Waals surface area contributed by atoms with Crippen molar-refractivity contribution in [1.29, 1.82) is 0 Å². The molecule has 3 aromatic rings. The van der Waals surface area contributed by atoms with E-state index in [1.165, 1.54) is 0 Å². The molecule has 1 N–H and O–H groups in total. The lowest BCUT2D eigenvalue weighted by atomic mass is 10.1. The van der Waals surface area contributed by atoms with Gasteiger partial charge in [-0.1, -0.05) is 23.8 Å². The average Bonchev–Trinajstić information content (AvgIpc) is 2.71. The van der Waals surface area contributed by atoms with Gasteiger partial charge >= 0.3 is 6.09 Å². The molecule has 0 saturated heterocycles. The molecule has 164 valence electrons. The first kappa shape index (κ1) is 22.5. The normalized spacial score (nSPS) is 12.6. The van der Waals surface area contributed by atoms with Crippen molar-refractivity contribution >= 4 is 17.0 Å². The third-order valence-corrected chi connectivity index (χ3v) is 4.76. The van der Waals surface area contributed by atoms with Crippen LogP contribution in [0.4, 0.5) is 4.79 Å². The summed E-state index contributed by atoms with van der Waals surface area (Å²) in [7, 11) is 1.59. The molecule has 31 heavy (non-hydrogen) atoms. The fourth-order valence-corrected chi connectivity index (χ4v) is 3.28. The van der Waals surface area contributed by atoms with Crippen LogP contribution in [0.15, 0.2) is 47.3 Å². The third kappa shape index (κ3) is 5.30. The Kier molecular flexibility index (Phi) is 6.45. The molecule has 0 aliphatic heterocycles. The van der Waals surface area contributed by atoms with Crippen LogP contribution < -0.4 is 10.3 Å². The van der Waals surface area contributed by atoms with Crippen LogP contribution >= 0.6 is 0 Å². The van der Waals surface area contributed by atoms with Gasteiger partial charge in [-0.05, 0) is 70.4 Å². The number of rotatable bonds is 5. The molecule has 0 bridgehead atoms. The maximum Gasteiger partial charge on any atom is 0.423 e. The van der Waals surface area contributed by atoms with E-state index in [-0.39, 0.29) is 12.2 Å². The summed E-state index contributed by atoms with van der Waals surface area (Å²) in [5.74, 6) is 0.690. The summed E-state index contributed by atoms with van der Waals surface area (Å²) >= 11 is 0. The number of methoxy groups -OCH3 is 1. The smallest absolute Gasteiger partial charge is 0.423 e. The summed E-state index contributed by atoms with van der Waals surface area (Å²) in [6, 6.07) is 12.7. The molecule has 0 aliphatic rings. The number of aromatic nitrogens is 2. The zero-order valence-electron chi connectivity index (χ0n) is 18.5. The first-order valence-corrected chi connectivity index (χ1v) is 10.2. The average molecular weight is 424 g/mol. The fraction of sp³-hybridized carbons (Fsp3) is 0.375. The molecule has 0 spiro atoms. The highest BCUT2D eigenvalue weighted by molar-refractivity contribution is 5.82. The summed E-state index contributed by atoms with van der Waals surface area (Å²) in [5.41, 5.74) is 0.889. The third-order valence-electron chi connectivity index (χ3n) is 4.76. The Labute approximate surface area is 181 Å². The van der Waals surface area contributed by atoms with E-state index >= 15 is 0 Å². The van der Waals surface area contributed by atoms with Gasteiger partial charge in [-0.15, -0.1) is 0 Å². The molecule has 1 atom stereocenters. The van der Waals surface area contributed by atoms with Gasteiger partial charge in [0.1, 0.15) is 17.5 Å². The highest BCUT2D eigenvalue weighted by Crippen LogP contribution is 2.22. The second kappa shape index (κ2) is 8.89. The monoisotopic (exact) mass is 424 g/mol. The van der Waals surface area contributed by atoms with E-state index in [1.807, 2.05) is 37.3 Å². The van der Waals surface area contributed by atoms with Crippen LogP contribution in [-0.2, 0) is 11.2 Å². The summed E-state index contributed by atoms with van der Waals surface area (Å²) in [4.78, 5) is 30.5. The van der Waals surface area contributed by atoms with Gasteiger partial charge in [0.2, 0.25) is 0 Å². The second-order valence-electron chi connectivity index (χ2n) is 8.52. The Morgan fingerprint density at radius 1 is 1.19 bits per heavy atom. The summed E-state index contributed by atoms with van der Waals surface area (Å²) in [6.07, 6.45) is -1.23. The predicted octanol–water partition coefficient (Wildman–Crippen LogP) is 4.16. The Balaban J connectivity index is 2.02. The number of aliphatic hydroxyl groups excluding tert-OH is 1. The van der Waals surface area contributed by atoms with Gasteiger partial charge in [0.05, 0.1) is 18.0 Å². The number of ether oxygens (including phenoxy) is 2. The summed E-state index contributed by atoms with van der Waals surface area (Å²) in [5, 5.41) is 11.2. The number of carbonyl (C=O) groups is 1. The fourth-order valence-electron chi connectivity index (χ4n) is 3.28. The van der Waals surface area contributed by atoms with Gasteiger partial charge in [0, 0.05) is 0 Å². The highest BCUT2D eigenvalue weighted by atomic mass is 16.6. The minimum Gasteiger partial charge on any atom is -0.497 e. The van der Waals surface area contributed by atoms with E-state index in [0.29, 0.717) is 17.3 Å². The number of nitrogens with zero attached hydrogens (tertiary/aromatic N) is 2. The number of fused-ring (bicyclic) bond motifs is 1. The SMILES string of the molecule is COc1cccc(CCC(O)c2nc3ccc(C)cc3c(=O)n2C(=O)OC(C)(C)C)c1. The molecule has 7 heteroatoms. The largest absolute Gasteiger partial charge is 0.497 e. The Morgan fingerprint density at radius 3 is 2.61 bits per heavy atom. The zero-order chi connectivity index (χ0) is 22.8. The molecule has 1 unspecified atom stereocenters. The molecule has 3 rings (SSSR count). The van der Waals surface area contributed by atoms with Crippen LogP contribution in [0.1, 0.15) is 50.2 Å². The quantitative estimate of drug-likeness (QED) is 0.661. The van der Waals surface area contributed by atoms with E-state index in [9.17, 15) is 14.7 Å². The van der Waals surface area contributed by atoms with Gasteiger partial charge in [-0.2, -0.15) is 4.57 Å². The van der Waals surface area contributed by atoms with Crippen LogP contribution in [0, 0.1) is 6.92 Å². The van der Waals surface area contributed by atoms with E-state index < -0.39 is 23.4 Å². The number of aliphatic hydroxyl groups is 1. The van der Waals surface area contributed by atoms with Crippen molar-refractivity contribution in [2.75, 3.05) is 7.11 Å². The Hall–Kier alpha value is -3.19. The van der Waals surface area contributed by atoms with Gasteiger partial charge < -0.3 is 14.6 Å². The lowest BCUT2D eigenvalue weighted by molar-refractivity contribution is 0.0498. The van der Waals surface area contributed by atoms with Crippen molar-refractivity contribution in [3.8, 4) is 5.75 Å². The molecule has 0 fully saturated rings. The van der Waals surface area contributed by atoms with E-state index in [4.69, 9.17) is 9.47 Å². The van der Waals surface area contributed by atoms with Crippen LogP contribution in [-0.4, -0.2) is 33.5 Å². The number of carbonyl (C=O) groups excluding carboxylic acids is 1. The van der Waals surface area contributed by atoms with Crippen molar-refractivity contribution in [1.82, 2.24) is 9.55 Å². The van der Waals surface area contributed by atoms with Gasteiger partial charge in [0.25, 0.3) is 5.56 Å². The van der Waals surface area contributed by atoms with Crippen molar-refractivity contribution < 1.29 is 19.4 Å². The van der Waals surface area contributed by atoms with Crippen LogP contribution in [0.25, 0.3) is 10.9 Å². The molecule has 0 amide bonds. The maximum atomic E-state index is 13.2. The predicted molar refractivity (Wildman–Crippen MR) is 119 cm³/mol. The minimum absolute atomic E-state index is 0.0292. The number of benzene rings is 2. The number of hydrogen-bond acceptors (Lipinski definition) is 6. The molecule has 7 nitrogen and oxygen atoms in total. The van der Waals surface area contributed by atoms with Gasteiger partial charge in [-0.25, -0.2) is 9.78 Å². The van der Waals surface area contributed by atoms with Crippen molar-refractivity contribution in [2.24, 2.45) is 0 Å². The van der Waals surface area contributed by atoms with Gasteiger partial charge in [-0.3, -0.25) is 4.79 Å². The molecule has 0 radical (unpaired) electrons. The van der Waals surface area contributed by atoms with Crippen LogP contribution in [0.5, 0.6) is 5.75 Å². The number of aryl methyl sites for hydroxylation is 2. The van der Waals surface area contributed by atoms with Crippen molar-refractivity contribution in [2.45, 2.75) is 52.2 Å².